The number of hydrogen-bond acceptors (Lipinski definition) is 1. The summed E-state index contributed by atoms with van der Waals surface area (Å²) >= 11 is 7.14. The molecule has 0 aromatic heterocycles. The molecule has 4 bridgehead atoms. The van der Waals surface area contributed by atoms with Crippen LogP contribution in [0.5, 0.6) is 0 Å². The predicted octanol–water partition coefficient (Wildman–Crippen LogP) is 7.57. The number of benzene rings is 3. The van der Waals surface area contributed by atoms with Crippen molar-refractivity contribution in [2.45, 2.75) is 62.8 Å². The van der Waals surface area contributed by atoms with Crippen LogP contribution in [0.3, 0.4) is 0 Å². The van der Waals surface area contributed by atoms with E-state index in [1.165, 1.54) is 70.7 Å². The lowest BCUT2D eigenvalue weighted by Gasteiger charge is -2.61. The topological polar surface area (TPSA) is 20.2 Å². The van der Waals surface area contributed by atoms with E-state index < -0.39 is 0 Å². The van der Waals surface area contributed by atoms with E-state index in [2.05, 4.69) is 54.5 Å². The highest BCUT2D eigenvalue weighted by molar-refractivity contribution is 6.44. The standard InChI is InChI=1S/C32H32BClO/c34-29-3-1-2-26-30-27-16-21(22-15-25(35)8-9-33-17-22)5-4-20(27)6-7-28(30)32(31(26)29)23-11-18-10-19(13-23)14-24(32)12-18/h1-7,16-19,23-25,33,35H,8-15H2/t18?,19?,23?,24?,25-,32?/m0/s1. The zero-order chi connectivity index (χ0) is 23.3. The Kier molecular flexibility index (Phi) is 4.52. The Hall–Kier alpha value is -2.03. The van der Waals surface area contributed by atoms with Gasteiger partial charge in [-0.15, -0.1) is 5.98 Å². The number of aliphatic hydroxyl groups excluding tert-OH is 1. The Bertz CT molecular complexity index is 1380. The van der Waals surface area contributed by atoms with Crippen molar-refractivity contribution in [1.29, 1.82) is 0 Å². The average molecular weight is 479 g/mol. The van der Waals surface area contributed by atoms with Crippen molar-refractivity contribution >= 4 is 35.2 Å². The molecular formula is C32H32BClO. The average Bonchev–Trinajstić information content (AvgIpc) is 2.98. The minimum absolute atomic E-state index is 0.0956. The third-order valence-electron chi connectivity index (χ3n) is 10.5. The van der Waals surface area contributed by atoms with Gasteiger partial charge < -0.3 is 5.11 Å². The van der Waals surface area contributed by atoms with Gasteiger partial charge in [0, 0.05) is 10.4 Å². The lowest BCUT2D eigenvalue weighted by atomic mass is 9.43. The molecule has 1 spiro atoms. The molecule has 5 aliphatic carbocycles. The van der Waals surface area contributed by atoms with Crippen molar-refractivity contribution < 1.29 is 5.11 Å². The Morgan fingerprint density at radius 2 is 1.69 bits per heavy atom. The Morgan fingerprint density at radius 1 is 0.914 bits per heavy atom. The third-order valence-corrected chi connectivity index (χ3v) is 10.9. The van der Waals surface area contributed by atoms with Crippen LogP contribution < -0.4 is 0 Å². The zero-order valence-electron chi connectivity index (χ0n) is 20.3. The first kappa shape index (κ1) is 21.1. The van der Waals surface area contributed by atoms with Crippen LogP contribution in [0.1, 0.15) is 61.6 Å². The molecular weight excluding hydrogens is 447 g/mol. The van der Waals surface area contributed by atoms with Crippen LogP contribution in [0.2, 0.25) is 11.3 Å². The quantitative estimate of drug-likeness (QED) is 0.358. The summed E-state index contributed by atoms with van der Waals surface area (Å²) in [5.74, 6) is 5.67. The van der Waals surface area contributed by atoms with Gasteiger partial charge in [0.25, 0.3) is 0 Å². The van der Waals surface area contributed by atoms with Crippen LogP contribution in [-0.2, 0) is 5.41 Å². The van der Waals surface area contributed by atoms with E-state index in [1.54, 1.807) is 5.56 Å². The minimum Gasteiger partial charge on any atom is -0.393 e. The highest BCUT2D eigenvalue weighted by atomic mass is 35.5. The van der Waals surface area contributed by atoms with Gasteiger partial charge in [0.1, 0.15) is 7.28 Å². The van der Waals surface area contributed by atoms with Crippen molar-refractivity contribution in [3.05, 3.63) is 76.2 Å². The number of rotatable bonds is 1. The van der Waals surface area contributed by atoms with E-state index in [1.807, 2.05) is 0 Å². The number of hydrogen-bond donors (Lipinski definition) is 1. The van der Waals surface area contributed by atoms with Crippen molar-refractivity contribution in [2.24, 2.45) is 23.7 Å². The molecule has 1 heterocycles. The summed E-state index contributed by atoms with van der Waals surface area (Å²) in [5, 5.41) is 14.1. The predicted molar refractivity (Wildman–Crippen MR) is 147 cm³/mol. The fourth-order valence-electron chi connectivity index (χ4n) is 9.52. The third kappa shape index (κ3) is 2.82. The molecule has 0 amide bonds. The lowest BCUT2D eigenvalue weighted by Crippen LogP contribution is -2.55. The minimum atomic E-state index is -0.225. The van der Waals surface area contributed by atoms with Gasteiger partial charge in [-0.25, -0.2) is 0 Å². The first-order chi connectivity index (χ1) is 17.1. The maximum Gasteiger partial charge on any atom is 0.148 e. The Morgan fingerprint density at radius 3 is 2.49 bits per heavy atom. The molecule has 3 heteroatoms. The number of aliphatic hydroxyl groups is 1. The van der Waals surface area contributed by atoms with E-state index in [4.69, 9.17) is 11.6 Å². The van der Waals surface area contributed by atoms with Crippen molar-refractivity contribution in [3.63, 3.8) is 0 Å². The molecule has 1 atom stereocenters. The zero-order valence-corrected chi connectivity index (χ0v) is 21.0. The van der Waals surface area contributed by atoms with Gasteiger partial charge in [-0.05, 0) is 119 Å². The van der Waals surface area contributed by atoms with Crippen molar-refractivity contribution in [2.75, 3.05) is 0 Å². The molecule has 4 fully saturated rings. The highest BCUT2D eigenvalue weighted by Gasteiger charge is 2.62. The summed E-state index contributed by atoms with van der Waals surface area (Å²) in [4.78, 5) is 0. The van der Waals surface area contributed by atoms with Gasteiger partial charge in [-0.3, -0.25) is 0 Å². The molecule has 1 N–H and O–H groups in total. The van der Waals surface area contributed by atoms with E-state index in [9.17, 15) is 5.11 Å². The summed E-state index contributed by atoms with van der Waals surface area (Å²) in [7, 11) is 1.06. The van der Waals surface area contributed by atoms with Crippen molar-refractivity contribution in [1.82, 2.24) is 0 Å². The second-order valence-electron chi connectivity index (χ2n) is 12.3. The summed E-state index contributed by atoms with van der Waals surface area (Å²) in [5.41, 5.74) is 8.53. The molecule has 1 nitrogen and oxygen atoms in total. The van der Waals surface area contributed by atoms with E-state index >= 15 is 0 Å². The fourth-order valence-corrected chi connectivity index (χ4v) is 9.85. The van der Waals surface area contributed by atoms with Crippen LogP contribution >= 0.6 is 11.6 Å². The molecule has 0 unspecified atom stereocenters. The molecule has 3 aromatic rings. The highest BCUT2D eigenvalue weighted by Crippen LogP contribution is 2.70. The molecule has 1 aliphatic heterocycles. The van der Waals surface area contributed by atoms with Crippen LogP contribution in [-0.4, -0.2) is 18.5 Å². The molecule has 9 rings (SSSR count). The summed E-state index contributed by atoms with van der Waals surface area (Å²) < 4.78 is 0. The molecule has 3 aromatic carbocycles. The SMILES string of the molecule is O[C@H]1CCBC=C(c2ccc3ccc4c(c3c2)-c2cccc(Cl)c2C42C3CC4CC(C3)CC2C4)C1. The van der Waals surface area contributed by atoms with Crippen molar-refractivity contribution in [3.8, 4) is 11.1 Å². The van der Waals surface area contributed by atoms with Gasteiger partial charge in [-0.1, -0.05) is 59.9 Å². The number of halogens is 1. The van der Waals surface area contributed by atoms with E-state index in [0.29, 0.717) is 0 Å². The van der Waals surface area contributed by atoms with Gasteiger partial charge in [-0.2, -0.15) is 0 Å². The lowest BCUT2D eigenvalue weighted by molar-refractivity contribution is -0.0398. The van der Waals surface area contributed by atoms with Gasteiger partial charge in [0.15, 0.2) is 0 Å². The Labute approximate surface area is 213 Å². The molecule has 6 aliphatic rings. The maximum atomic E-state index is 10.5. The number of fused-ring (bicyclic) bond motifs is 5. The fraction of sp³-hybridized carbons (Fsp3) is 0.438. The van der Waals surface area contributed by atoms with Gasteiger partial charge >= 0.3 is 0 Å². The smallest absolute Gasteiger partial charge is 0.148 e. The second kappa shape index (κ2) is 7.50. The Balaban J connectivity index is 1.39. The molecule has 35 heavy (non-hydrogen) atoms. The van der Waals surface area contributed by atoms with Gasteiger partial charge in [0.2, 0.25) is 0 Å². The molecule has 4 saturated carbocycles. The summed E-state index contributed by atoms with van der Waals surface area (Å²) in [6, 6.07) is 18.5. The largest absolute Gasteiger partial charge is 0.393 e. The van der Waals surface area contributed by atoms with Crippen LogP contribution in [0.15, 0.2) is 54.5 Å². The van der Waals surface area contributed by atoms with E-state index in [-0.39, 0.29) is 11.5 Å². The molecule has 176 valence electrons. The molecule has 0 saturated heterocycles. The summed E-state index contributed by atoms with van der Waals surface area (Å²) in [6.07, 6.45) is 9.49. The van der Waals surface area contributed by atoms with Crippen LogP contribution in [0.25, 0.3) is 27.5 Å². The summed E-state index contributed by atoms with van der Waals surface area (Å²) in [6.45, 7) is 0. The monoisotopic (exact) mass is 478 g/mol. The maximum absolute atomic E-state index is 10.5. The van der Waals surface area contributed by atoms with E-state index in [0.717, 1.165) is 55.1 Å². The second-order valence-corrected chi connectivity index (χ2v) is 12.7. The molecule has 0 radical (unpaired) electrons. The van der Waals surface area contributed by atoms with Crippen LogP contribution in [0, 0.1) is 23.7 Å². The first-order valence-electron chi connectivity index (χ1n) is 13.9. The first-order valence-corrected chi connectivity index (χ1v) is 14.2. The van der Waals surface area contributed by atoms with Gasteiger partial charge in [0.05, 0.1) is 6.10 Å². The van der Waals surface area contributed by atoms with Crippen LogP contribution in [0.4, 0.5) is 0 Å². The normalized spacial score (nSPS) is 34.5.